The van der Waals surface area contributed by atoms with Gasteiger partial charge in [0.1, 0.15) is 0 Å². The SMILES string of the molecule is CCN(CC)CCSc1ccc(Br)cc1CO. The zero-order valence-electron chi connectivity index (χ0n) is 10.4. The summed E-state index contributed by atoms with van der Waals surface area (Å²) in [4.78, 5) is 3.59. The average molecular weight is 318 g/mol. The van der Waals surface area contributed by atoms with Crippen molar-refractivity contribution < 1.29 is 5.11 Å². The highest BCUT2D eigenvalue weighted by atomic mass is 79.9. The Morgan fingerprint density at radius 2 is 2.00 bits per heavy atom. The van der Waals surface area contributed by atoms with Crippen molar-refractivity contribution in [3.63, 3.8) is 0 Å². The molecule has 1 rings (SSSR count). The van der Waals surface area contributed by atoms with E-state index in [1.165, 1.54) is 4.90 Å². The molecule has 4 heteroatoms. The molecule has 17 heavy (non-hydrogen) atoms. The smallest absolute Gasteiger partial charge is 0.0693 e. The first kappa shape index (κ1) is 15.0. The molecule has 0 spiro atoms. The van der Waals surface area contributed by atoms with Gasteiger partial charge in [0.15, 0.2) is 0 Å². The molecule has 0 aromatic heterocycles. The second-order valence-electron chi connectivity index (χ2n) is 3.79. The molecule has 1 aromatic carbocycles. The van der Waals surface area contributed by atoms with Crippen LogP contribution in [0.3, 0.4) is 0 Å². The monoisotopic (exact) mass is 317 g/mol. The van der Waals surface area contributed by atoms with Crippen molar-refractivity contribution in [1.29, 1.82) is 0 Å². The number of hydrogen-bond acceptors (Lipinski definition) is 3. The van der Waals surface area contributed by atoms with E-state index in [1.807, 2.05) is 23.9 Å². The number of aliphatic hydroxyl groups excluding tert-OH is 1. The normalized spacial score (nSPS) is 11.1. The summed E-state index contributed by atoms with van der Waals surface area (Å²) >= 11 is 5.24. The number of hydrogen-bond donors (Lipinski definition) is 1. The van der Waals surface area contributed by atoms with Gasteiger partial charge in [0.2, 0.25) is 0 Å². The molecule has 0 heterocycles. The van der Waals surface area contributed by atoms with E-state index in [9.17, 15) is 5.11 Å². The summed E-state index contributed by atoms with van der Waals surface area (Å²) in [6, 6.07) is 6.08. The first-order chi connectivity index (χ1) is 8.21. The number of thioether (sulfide) groups is 1. The molecule has 0 atom stereocenters. The molecule has 96 valence electrons. The van der Waals surface area contributed by atoms with Crippen molar-refractivity contribution in [1.82, 2.24) is 4.90 Å². The first-order valence-corrected chi connectivity index (χ1v) is 7.73. The van der Waals surface area contributed by atoms with Crippen LogP contribution < -0.4 is 0 Å². The standard InChI is InChI=1S/C13H20BrNOS/c1-3-15(4-2)7-8-17-13-6-5-12(14)9-11(13)10-16/h5-6,9,16H,3-4,7-8,10H2,1-2H3. The zero-order chi connectivity index (χ0) is 12.7. The van der Waals surface area contributed by atoms with Gasteiger partial charge in [0.25, 0.3) is 0 Å². The molecule has 1 N–H and O–H groups in total. The Hall–Kier alpha value is -0.0300. The van der Waals surface area contributed by atoms with Crippen molar-refractivity contribution >= 4 is 27.7 Å². The van der Waals surface area contributed by atoms with Crippen LogP contribution in [0.1, 0.15) is 19.4 Å². The quantitative estimate of drug-likeness (QED) is 0.780. The van der Waals surface area contributed by atoms with E-state index in [4.69, 9.17) is 0 Å². The number of halogens is 1. The molecule has 0 bridgehead atoms. The van der Waals surface area contributed by atoms with Gasteiger partial charge < -0.3 is 10.0 Å². The average Bonchev–Trinajstić information content (AvgIpc) is 2.36. The fraction of sp³-hybridized carbons (Fsp3) is 0.538. The molecular formula is C13H20BrNOS. The Morgan fingerprint density at radius 1 is 1.29 bits per heavy atom. The van der Waals surface area contributed by atoms with Crippen LogP contribution >= 0.6 is 27.7 Å². The van der Waals surface area contributed by atoms with Crippen LogP contribution in [0.5, 0.6) is 0 Å². The van der Waals surface area contributed by atoms with Gasteiger partial charge in [0.05, 0.1) is 6.61 Å². The van der Waals surface area contributed by atoms with Crippen LogP contribution in [0.25, 0.3) is 0 Å². The van der Waals surface area contributed by atoms with Crippen LogP contribution in [0.2, 0.25) is 0 Å². The Morgan fingerprint density at radius 3 is 2.59 bits per heavy atom. The summed E-state index contributed by atoms with van der Waals surface area (Å²) in [6.07, 6.45) is 0. The fourth-order valence-electron chi connectivity index (χ4n) is 1.64. The van der Waals surface area contributed by atoms with Gasteiger partial charge in [-0.2, -0.15) is 0 Å². The Kier molecular flexibility index (Phi) is 7.19. The van der Waals surface area contributed by atoms with Crippen LogP contribution in [0, 0.1) is 0 Å². The largest absolute Gasteiger partial charge is 0.392 e. The minimum absolute atomic E-state index is 0.104. The van der Waals surface area contributed by atoms with E-state index in [1.54, 1.807) is 0 Å². The summed E-state index contributed by atoms with van der Waals surface area (Å²) in [5.41, 5.74) is 1.00. The maximum atomic E-state index is 9.30. The van der Waals surface area contributed by atoms with E-state index < -0.39 is 0 Å². The van der Waals surface area contributed by atoms with E-state index in [2.05, 4.69) is 40.7 Å². The van der Waals surface area contributed by atoms with Crippen molar-refractivity contribution in [2.45, 2.75) is 25.3 Å². The second-order valence-corrected chi connectivity index (χ2v) is 5.84. The number of nitrogens with zero attached hydrogens (tertiary/aromatic N) is 1. The van der Waals surface area contributed by atoms with Crippen LogP contribution in [0.4, 0.5) is 0 Å². The summed E-state index contributed by atoms with van der Waals surface area (Å²) in [7, 11) is 0. The van der Waals surface area contributed by atoms with Crippen LogP contribution in [-0.2, 0) is 6.61 Å². The molecule has 0 amide bonds. The summed E-state index contributed by atoms with van der Waals surface area (Å²) in [5, 5.41) is 9.30. The Balaban J connectivity index is 2.51. The second kappa shape index (κ2) is 8.14. The lowest BCUT2D eigenvalue weighted by Crippen LogP contribution is -2.25. The van der Waals surface area contributed by atoms with Gasteiger partial charge in [-0.15, -0.1) is 11.8 Å². The van der Waals surface area contributed by atoms with E-state index in [-0.39, 0.29) is 6.61 Å². The van der Waals surface area contributed by atoms with Gasteiger partial charge in [-0.05, 0) is 36.9 Å². The molecule has 0 aliphatic heterocycles. The lowest BCUT2D eigenvalue weighted by atomic mass is 10.2. The summed E-state index contributed by atoms with van der Waals surface area (Å²) in [5.74, 6) is 1.07. The predicted molar refractivity (Wildman–Crippen MR) is 78.6 cm³/mol. The van der Waals surface area contributed by atoms with Crippen LogP contribution in [-0.4, -0.2) is 35.4 Å². The van der Waals surface area contributed by atoms with E-state index in [0.29, 0.717) is 0 Å². The van der Waals surface area contributed by atoms with Gasteiger partial charge in [0, 0.05) is 21.7 Å². The van der Waals surface area contributed by atoms with Gasteiger partial charge in [-0.25, -0.2) is 0 Å². The molecule has 0 fully saturated rings. The third-order valence-electron chi connectivity index (χ3n) is 2.75. The topological polar surface area (TPSA) is 23.5 Å². The first-order valence-electron chi connectivity index (χ1n) is 5.95. The minimum atomic E-state index is 0.104. The summed E-state index contributed by atoms with van der Waals surface area (Å²) in [6.45, 7) is 7.78. The maximum absolute atomic E-state index is 9.30. The summed E-state index contributed by atoms with van der Waals surface area (Å²) < 4.78 is 1.02. The Bertz CT molecular complexity index is 342. The van der Waals surface area contributed by atoms with Crippen molar-refractivity contribution in [3.8, 4) is 0 Å². The number of aliphatic hydroxyl groups is 1. The van der Waals surface area contributed by atoms with Crippen LogP contribution in [0.15, 0.2) is 27.6 Å². The molecule has 2 nitrogen and oxygen atoms in total. The molecule has 0 aliphatic rings. The van der Waals surface area contributed by atoms with E-state index in [0.717, 1.165) is 35.4 Å². The molecule has 0 saturated carbocycles. The molecule has 0 unspecified atom stereocenters. The minimum Gasteiger partial charge on any atom is -0.392 e. The van der Waals surface area contributed by atoms with Crippen molar-refractivity contribution in [3.05, 3.63) is 28.2 Å². The lowest BCUT2D eigenvalue weighted by Gasteiger charge is -2.17. The van der Waals surface area contributed by atoms with Gasteiger partial charge in [-0.3, -0.25) is 0 Å². The fourth-order valence-corrected chi connectivity index (χ4v) is 3.09. The molecule has 0 radical (unpaired) electrons. The molecule has 0 saturated heterocycles. The maximum Gasteiger partial charge on any atom is 0.0693 e. The number of rotatable bonds is 7. The zero-order valence-corrected chi connectivity index (χ0v) is 12.9. The van der Waals surface area contributed by atoms with Crippen molar-refractivity contribution in [2.75, 3.05) is 25.4 Å². The van der Waals surface area contributed by atoms with Gasteiger partial charge >= 0.3 is 0 Å². The third-order valence-corrected chi connectivity index (χ3v) is 4.34. The predicted octanol–water partition coefficient (Wildman–Crippen LogP) is 3.38. The highest BCUT2D eigenvalue weighted by molar-refractivity contribution is 9.10. The molecule has 1 aromatic rings. The molecular weight excluding hydrogens is 298 g/mol. The molecule has 0 aliphatic carbocycles. The van der Waals surface area contributed by atoms with E-state index >= 15 is 0 Å². The highest BCUT2D eigenvalue weighted by Crippen LogP contribution is 2.26. The van der Waals surface area contributed by atoms with Crippen molar-refractivity contribution in [2.24, 2.45) is 0 Å². The highest BCUT2D eigenvalue weighted by Gasteiger charge is 2.04. The lowest BCUT2D eigenvalue weighted by molar-refractivity contribution is 0.279. The Labute approximate surface area is 117 Å². The van der Waals surface area contributed by atoms with Gasteiger partial charge in [-0.1, -0.05) is 29.8 Å². The third kappa shape index (κ3) is 5.00. The number of benzene rings is 1.